The molecule has 0 spiro atoms. The summed E-state index contributed by atoms with van der Waals surface area (Å²) in [5.41, 5.74) is 0.0169. The van der Waals surface area contributed by atoms with Crippen LogP contribution in [-0.2, 0) is 4.79 Å². The number of nitrogens with one attached hydrogen (secondary N) is 1. The molecule has 0 aliphatic heterocycles. The molecule has 1 rings (SSSR count). The highest BCUT2D eigenvalue weighted by Gasteiger charge is 2.07. The predicted molar refractivity (Wildman–Crippen MR) is 58.0 cm³/mol. The van der Waals surface area contributed by atoms with Crippen LogP contribution in [0.4, 0.5) is 4.39 Å². The Hall–Kier alpha value is -1.98. The van der Waals surface area contributed by atoms with Gasteiger partial charge in [-0.1, -0.05) is 6.07 Å². The summed E-state index contributed by atoms with van der Waals surface area (Å²) in [6.07, 6.45) is 1.13. The molecule has 1 heterocycles. The molecule has 0 aliphatic carbocycles. The fourth-order valence-electron chi connectivity index (χ4n) is 1.23. The molecular weight excluding hydrogens is 227 g/mol. The van der Waals surface area contributed by atoms with Gasteiger partial charge in [0.05, 0.1) is 0 Å². The lowest BCUT2D eigenvalue weighted by Crippen LogP contribution is -2.25. The van der Waals surface area contributed by atoms with Gasteiger partial charge in [-0.2, -0.15) is 4.39 Å². The molecular formula is C11H13FN2O3. The molecule has 1 aromatic rings. The van der Waals surface area contributed by atoms with E-state index >= 15 is 0 Å². The maximum absolute atomic E-state index is 12.7. The van der Waals surface area contributed by atoms with Crippen LogP contribution in [0.15, 0.2) is 18.2 Å². The van der Waals surface area contributed by atoms with E-state index in [9.17, 15) is 14.0 Å². The van der Waals surface area contributed by atoms with Gasteiger partial charge in [-0.05, 0) is 25.0 Å². The van der Waals surface area contributed by atoms with Gasteiger partial charge in [0.25, 0.3) is 5.91 Å². The number of aliphatic carboxylic acids is 1. The van der Waals surface area contributed by atoms with Crippen LogP contribution in [0, 0.1) is 5.95 Å². The minimum absolute atomic E-state index is 0.0169. The number of nitrogens with zero attached hydrogens (tertiary/aromatic N) is 1. The SMILES string of the molecule is O=C(O)CCCCNC(=O)c1cccc(F)n1. The summed E-state index contributed by atoms with van der Waals surface area (Å²) in [7, 11) is 0. The Morgan fingerprint density at radius 2 is 2.12 bits per heavy atom. The summed E-state index contributed by atoms with van der Waals surface area (Å²) in [5.74, 6) is -2.02. The molecule has 0 saturated carbocycles. The minimum atomic E-state index is -0.858. The van der Waals surface area contributed by atoms with Crippen LogP contribution in [-0.4, -0.2) is 28.5 Å². The van der Waals surface area contributed by atoms with Crippen molar-refractivity contribution in [3.05, 3.63) is 29.8 Å². The van der Waals surface area contributed by atoms with Crippen LogP contribution in [0.3, 0.4) is 0 Å². The van der Waals surface area contributed by atoms with E-state index in [-0.39, 0.29) is 12.1 Å². The molecule has 0 radical (unpaired) electrons. The summed E-state index contributed by atoms with van der Waals surface area (Å²) in [6, 6.07) is 3.97. The number of rotatable bonds is 6. The summed E-state index contributed by atoms with van der Waals surface area (Å²) < 4.78 is 12.7. The molecule has 2 N–H and O–H groups in total. The number of carbonyl (C=O) groups excluding carboxylic acids is 1. The summed E-state index contributed by atoms with van der Waals surface area (Å²) in [5, 5.41) is 10.9. The standard InChI is InChI=1S/C11H13FN2O3/c12-9-5-3-4-8(14-9)11(17)13-7-2-1-6-10(15)16/h3-5H,1-2,6-7H2,(H,13,17)(H,15,16). The van der Waals surface area contributed by atoms with Gasteiger partial charge in [0.1, 0.15) is 5.69 Å². The summed E-state index contributed by atoms with van der Waals surface area (Å²) in [4.78, 5) is 25.1. The van der Waals surface area contributed by atoms with E-state index in [1.54, 1.807) is 0 Å². The van der Waals surface area contributed by atoms with Crippen molar-refractivity contribution < 1.29 is 19.1 Å². The zero-order chi connectivity index (χ0) is 12.7. The van der Waals surface area contributed by atoms with Gasteiger partial charge in [0, 0.05) is 13.0 Å². The molecule has 0 unspecified atom stereocenters. The molecule has 0 saturated heterocycles. The number of amides is 1. The van der Waals surface area contributed by atoms with Gasteiger partial charge in [-0.15, -0.1) is 0 Å². The van der Waals surface area contributed by atoms with Crippen LogP contribution < -0.4 is 5.32 Å². The van der Waals surface area contributed by atoms with E-state index in [0.29, 0.717) is 19.4 Å². The van der Waals surface area contributed by atoms with Crippen molar-refractivity contribution in [1.82, 2.24) is 10.3 Å². The molecule has 0 atom stereocenters. The molecule has 0 aliphatic rings. The summed E-state index contributed by atoms with van der Waals surface area (Å²) >= 11 is 0. The molecule has 5 nitrogen and oxygen atoms in total. The van der Waals surface area contributed by atoms with Gasteiger partial charge in [0.15, 0.2) is 0 Å². The number of unbranched alkanes of at least 4 members (excludes halogenated alkanes) is 1. The fourth-order valence-corrected chi connectivity index (χ4v) is 1.23. The summed E-state index contributed by atoms with van der Waals surface area (Å²) in [6.45, 7) is 0.351. The van der Waals surface area contributed by atoms with Gasteiger partial charge in [0.2, 0.25) is 5.95 Å². The van der Waals surface area contributed by atoms with Crippen LogP contribution in [0.1, 0.15) is 29.8 Å². The maximum Gasteiger partial charge on any atom is 0.303 e. The first-order chi connectivity index (χ1) is 8.09. The number of carbonyl (C=O) groups is 2. The minimum Gasteiger partial charge on any atom is -0.481 e. The number of hydrogen-bond acceptors (Lipinski definition) is 3. The number of carboxylic acids is 1. The molecule has 1 amide bonds. The quantitative estimate of drug-likeness (QED) is 0.578. The third-order valence-electron chi connectivity index (χ3n) is 2.05. The average Bonchev–Trinajstić information content (AvgIpc) is 2.28. The van der Waals surface area contributed by atoms with Crippen molar-refractivity contribution in [2.45, 2.75) is 19.3 Å². The zero-order valence-electron chi connectivity index (χ0n) is 9.15. The van der Waals surface area contributed by atoms with Crippen LogP contribution in [0.5, 0.6) is 0 Å². The molecule has 0 bridgehead atoms. The molecule has 6 heteroatoms. The third-order valence-corrected chi connectivity index (χ3v) is 2.05. The number of halogens is 1. The second-order valence-corrected chi connectivity index (χ2v) is 3.45. The number of pyridine rings is 1. The highest BCUT2D eigenvalue weighted by Crippen LogP contribution is 1.98. The van der Waals surface area contributed by atoms with Crippen LogP contribution in [0.25, 0.3) is 0 Å². The smallest absolute Gasteiger partial charge is 0.303 e. The molecule has 0 fully saturated rings. The van der Waals surface area contributed by atoms with E-state index in [0.717, 1.165) is 6.07 Å². The lowest BCUT2D eigenvalue weighted by atomic mass is 10.2. The monoisotopic (exact) mass is 240 g/mol. The second kappa shape index (κ2) is 6.57. The highest BCUT2D eigenvalue weighted by atomic mass is 19.1. The van der Waals surface area contributed by atoms with Gasteiger partial charge in [-0.25, -0.2) is 4.98 Å². The van der Waals surface area contributed by atoms with Crippen molar-refractivity contribution in [2.75, 3.05) is 6.54 Å². The van der Waals surface area contributed by atoms with Crippen molar-refractivity contribution in [2.24, 2.45) is 0 Å². The predicted octanol–water partition coefficient (Wildman–Crippen LogP) is 1.21. The first kappa shape index (κ1) is 13.1. The maximum atomic E-state index is 12.7. The number of aromatic nitrogens is 1. The van der Waals surface area contributed by atoms with E-state index < -0.39 is 17.8 Å². The van der Waals surface area contributed by atoms with Gasteiger partial charge in [-0.3, -0.25) is 9.59 Å². The van der Waals surface area contributed by atoms with E-state index in [1.165, 1.54) is 12.1 Å². The normalized spacial score (nSPS) is 9.94. The Bertz CT molecular complexity index is 409. The zero-order valence-corrected chi connectivity index (χ0v) is 9.15. The Morgan fingerprint density at radius 3 is 2.76 bits per heavy atom. The lowest BCUT2D eigenvalue weighted by molar-refractivity contribution is -0.137. The lowest BCUT2D eigenvalue weighted by Gasteiger charge is -2.03. The largest absolute Gasteiger partial charge is 0.481 e. The Labute approximate surface area is 97.7 Å². The molecule has 0 aromatic carbocycles. The van der Waals surface area contributed by atoms with Crippen LogP contribution in [0.2, 0.25) is 0 Å². The van der Waals surface area contributed by atoms with E-state index in [4.69, 9.17) is 5.11 Å². The van der Waals surface area contributed by atoms with Crippen molar-refractivity contribution in [3.63, 3.8) is 0 Å². The van der Waals surface area contributed by atoms with E-state index in [1.807, 2.05) is 0 Å². The fraction of sp³-hybridized carbons (Fsp3) is 0.364. The number of carboxylic acid groups (broad SMARTS) is 1. The van der Waals surface area contributed by atoms with Crippen molar-refractivity contribution >= 4 is 11.9 Å². The van der Waals surface area contributed by atoms with Crippen molar-refractivity contribution in [1.29, 1.82) is 0 Å². The number of hydrogen-bond donors (Lipinski definition) is 2. The molecule has 92 valence electrons. The third kappa shape index (κ3) is 5.05. The Morgan fingerprint density at radius 1 is 1.35 bits per heavy atom. The first-order valence-corrected chi connectivity index (χ1v) is 5.22. The van der Waals surface area contributed by atoms with Crippen molar-refractivity contribution in [3.8, 4) is 0 Å². The Kier molecular flexibility index (Phi) is 5.06. The molecule has 17 heavy (non-hydrogen) atoms. The topological polar surface area (TPSA) is 79.3 Å². The second-order valence-electron chi connectivity index (χ2n) is 3.45. The Balaban J connectivity index is 2.28. The van der Waals surface area contributed by atoms with E-state index in [2.05, 4.69) is 10.3 Å². The molecule has 1 aromatic heterocycles. The van der Waals surface area contributed by atoms with Gasteiger partial charge < -0.3 is 10.4 Å². The highest BCUT2D eigenvalue weighted by molar-refractivity contribution is 5.92. The first-order valence-electron chi connectivity index (χ1n) is 5.22. The van der Waals surface area contributed by atoms with Crippen LogP contribution >= 0.6 is 0 Å². The average molecular weight is 240 g/mol. The van der Waals surface area contributed by atoms with Gasteiger partial charge >= 0.3 is 5.97 Å².